The third-order valence-corrected chi connectivity index (χ3v) is 3.97. The van der Waals surface area contributed by atoms with E-state index in [1.165, 1.54) is 11.6 Å². The predicted octanol–water partition coefficient (Wildman–Crippen LogP) is 4.84. The minimum absolute atomic E-state index is 0.193. The van der Waals surface area contributed by atoms with Gasteiger partial charge in [0.15, 0.2) is 0 Å². The minimum atomic E-state index is -0.193. The zero-order valence-corrected chi connectivity index (χ0v) is 13.8. The number of hydrogen-bond acceptors (Lipinski definition) is 2. The SMILES string of the molecule is CCC(NCc1ccc(Br)cc1F)c1ccc(OC)cc1. The highest BCUT2D eigenvalue weighted by Gasteiger charge is 2.10. The Morgan fingerprint density at radius 1 is 1.19 bits per heavy atom. The van der Waals surface area contributed by atoms with Crippen LogP contribution in [0.2, 0.25) is 0 Å². The molecule has 0 aliphatic heterocycles. The molecule has 0 bridgehead atoms. The summed E-state index contributed by atoms with van der Waals surface area (Å²) in [7, 11) is 1.65. The molecular formula is C17H19BrFNO. The van der Waals surface area contributed by atoms with Gasteiger partial charge in [0.05, 0.1) is 7.11 Å². The van der Waals surface area contributed by atoms with E-state index in [1.807, 2.05) is 30.3 Å². The van der Waals surface area contributed by atoms with Gasteiger partial charge in [0.25, 0.3) is 0 Å². The third-order valence-electron chi connectivity index (χ3n) is 3.48. The maximum atomic E-state index is 13.8. The van der Waals surface area contributed by atoms with Crippen molar-refractivity contribution >= 4 is 15.9 Å². The number of nitrogens with one attached hydrogen (secondary N) is 1. The van der Waals surface area contributed by atoms with Crippen molar-refractivity contribution in [3.05, 3.63) is 63.9 Å². The summed E-state index contributed by atoms with van der Waals surface area (Å²) < 4.78 is 19.7. The summed E-state index contributed by atoms with van der Waals surface area (Å²) in [5, 5.41) is 3.40. The van der Waals surface area contributed by atoms with Gasteiger partial charge in [-0.2, -0.15) is 0 Å². The fraction of sp³-hybridized carbons (Fsp3) is 0.294. The Hall–Kier alpha value is -1.39. The van der Waals surface area contributed by atoms with Gasteiger partial charge in [-0.05, 0) is 36.2 Å². The van der Waals surface area contributed by atoms with Crippen LogP contribution in [0.3, 0.4) is 0 Å². The van der Waals surface area contributed by atoms with Crippen LogP contribution >= 0.6 is 15.9 Å². The first-order valence-electron chi connectivity index (χ1n) is 6.95. The van der Waals surface area contributed by atoms with Gasteiger partial charge in [-0.15, -0.1) is 0 Å². The highest BCUT2D eigenvalue weighted by molar-refractivity contribution is 9.10. The number of methoxy groups -OCH3 is 1. The van der Waals surface area contributed by atoms with E-state index in [9.17, 15) is 4.39 Å². The van der Waals surface area contributed by atoms with Crippen LogP contribution in [0.4, 0.5) is 4.39 Å². The standard InChI is InChI=1S/C17H19BrFNO/c1-3-17(12-5-8-15(21-2)9-6-12)20-11-13-4-7-14(18)10-16(13)19/h4-10,17,20H,3,11H2,1-2H3. The Labute approximate surface area is 133 Å². The van der Waals surface area contributed by atoms with Crippen LogP contribution in [0.25, 0.3) is 0 Å². The average Bonchev–Trinajstić information content (AvgIpc) is 2.50. The summed E-state index contributed by atoms with van der Waals surface area (Å²) in [6.07, 6.45) is 0.935. The number of ether oxygens (including phenoxy) is 1. The van der Waals surface area contributed by atoms with Crippen molar-refractivity contribution in [3.8, 4) is 5.75 Å². The quantitative estimate of drug-likeness (QED) is 0.803. The molecule has 0 aromatic heterocycles. The lowest BCUT2D eigenvalue weighted by atomic mass is 10.0. The molecular weight excluding hydrogens is 333 g/mol. The first kappa shape index (κ1) is 16.0. The Kier molecular flexibility index (Phi) is 5.76. The normalized spacial score (nSPS) is 12.2. The number of halogens is 2. The second-order valence-electron chi connectivity index (χ2n) is 4.85. The van der Waals surface area contributed by atoms with E-state index in [4.69, 9.17) is 4.74 Å². The number of hydrogen-bond donors (Lipinski definition) is 1. The first-order valence-corrected chi connectivity index (χ1v) is 7.74. The Morgan fingerprint density at radius 3 is 2.48 bits per heavy atom. The molecule has 112 valence electrons. The Bertz CT molecular complexity index is 586. The molecule has 1 unspecified atom stereocenters. The molecule has 0 amide bonds. The van der Waals surface area contributed by atoms with Crippen molar-refractivity contribution in [2.45, 2.75) is 25.9 Å². The maximum absolute atomic E-state index is 13.8. The van der Waals surface area contributed by atoms with E-state index in [2.05, 4.69) is 28.2 Å². The minimum Gasteiger partial charge on any atom is -0.497 e. The maximum Gasteiger partial charge on any atom is 0.128 e. The van der Waals surface area contributed by atoms with Crippen molar-refractivity contribution in [1.82, 2.24) is 5.32 Å². The molecule has 4 heteroatoms. The van der Waals surface area contributed by atoms with Gasteiger partial charge >= 0.3 is 0 Å². The summed E-state index contributed by atoms with van der Waals surface area (Å²) in [5.41, 5.74) is 1.85. The Balaban J connectivity index is 2.04. The van der Waals surface area contributed by atoms with Crippen molar-refractivity contribution in [2.75, 3.05) is 7.11 Å². The molecule has 2 rings (SSSR count). The number of benzene rings is 2. The molecule has 21 heavy (non-hydrogen) atoms. The lowest BCUT2D eigenvalue weighted by Gasteiger charge is -2.18. The average molecular weight is 352 g/mol. The topological polar surface area (TPSA) is 21.3 Å². The van der Waals surface area contributed by atoms with Gasteiger partial charge in [0.1, 0.15) is 11.6 Å². The van der Waals surface area contributed by atoms with E-state index in [0.717, 1.165) is 16.6 Å². The van der Waals surface area contributed by atoms with E-state index in [0.29, 0.717) is 12.1 Å². The molecule has 0 fully saturated rings. The molecule has 2 aromatic carbocycles. The molecule has 0 spiro atoms. The highest BCUT2D eigenvalue weighted by atomic mass is 79.9. The molecule has 0 aliphatic rings. The van der Waals surface area contributed by atoms with Gasteiger partial charge in [-0.1, -0.05) is 41.1 Å². The summed E-state index contributed by atoms with van der Waals surface area (Å²) >= 11 is 3.27. The second kappa shape index (κ2) is 7.57. The van der Waals surface area contributed by atoms with Crippen LogP contribution in [0.15, 0.2) is 46.9 Å². The van der Waals surface area contributed by atoms with Crippen LogP contribution in [-0.2, 0) is 6.54 Å². The van der Waals surface area contributed by atoms with E-state index < -0.39 is 0 Å². The molecule has 0 saturated heterocycles. The fourth-order valence-corrected chi connectivity index (χ4v) is 2.57. The van der Waals surface area contributed by atoms with Gasteiger partial charge in [0, 0.05) is 22.6 Å². The van der Waals surface area contributed by atoms with Gasteiger partial charge in [-0.3, -0.25) is 0 Å². The van der Waals surface area contributed by atoms with Crippen LogP contribution in [0.5, 0.6) is 5.75 Å². The number of rotatable bonds is 6. The molecule has 1 atom stereocenters. The van der Waals surface area contributed by atoms with Crippen LogP contribution in [0.1, 0.15) is 30.5 Å². The van der Waals surface area contributed by atoms with Crippen molar-refractivity contribution in [1.29, 1.82) is 0 Å². The van der Waals surface area contributed by atoms with Crippen LogP contribution < -0.4 is 10.1 Å². The van der Waals surface area contributed by atoms with Crippen LogP contribution in [0, 0.1) is 5.82 Å². The molecule has 0 saturated carbocycles. The van der Waals surface area contributed by atoms with Crippen molar-refractivity contribution < 1.29 is 9.13 Å². The van der Waals surface area contributed by atoms with Gasteiger partial charge in [-0.25, -0.2) is 4.39 Å². The van der Waals surface area contributed by atoms with Crippen molar-refractivity contribution in [3.63, 3.8) is 0 Å². The van der Waals surface area contributed by atoms with Gasteiger partial charge in [0.2, 0.25) is 0 Å². The summed E-state index contributed by atoms with van der Waals surface area (Å²) in [5.74, 6) is 0.647. The predicted molar refractivity (Wildman–Crippen MR) is 87.0 cm³/mol. The summed E-state index contributed by atoms with van der Waals surface area (Å²) in [6, 6.07) is 13.3. The Morgan fingerprint density at radius 2 is 1.90 bits per heavy atom. The van der Waals surface area contributed by atoms with Gasteiger partial charge < -0.3 is 10.1 Å². The highest BCUT2D eigenvalue weighted by Crippen LogP contribution is 2.21. The monoisotopic (exact) mass is 351 g/mol. The molecule has 2 nitrogen and oxygen atoms in total. The molecule has 0 aliphatic carbocycles. The van der Waals surface area contributed by atoms with E-state index >= 15 is 0 Å². The molecule has 0 heterocycles. The molecule has 0 radical (unpaired) electrons. The molecule has 2 aromatic rings. The van der Waals surface area contributed by atoms with E-state index in [1.54, 1.807) is 13.2 Å². The smallest absolute Gasteiger partial charge is 0.128 e. The second-order valence-corrected chi connectivity index (χ2v) is 5.77. The first-order chi connectivity index (χ1) is 10.1. The third kappa shape index (κ3) is 4.29. The van der Waals surface area contributed by atoms with Crippen molar-refractivity contribution in [2.24, 2.45) is 0 Å². The summed E-state index contributed by atoms with van der Waals surface area (Å²) in [6.45, 7) is 2.61. The molecule has 1 N–H and O–H groups in total. The largest absolute Gasteiger partial charge is 0.497 e. The fourth-order valence-electron chi connectivity index (χ4n) is 2.23. The zero-order chi connectivity index (χ0) is 15.2. The lowest BCUT2D eigenvalue weighted by molar-refractivity contribution is 0.414. The zero-order valence-electron chi connectivity index (χ0n) is 12.2. The van der Waals surface area contributed by atoms with Crippen LogP contribution in [-0.4, -0.2) is 7.11 Å². The lowest BCUT2D eigenvalue weighted by Crippen LogP contribution is -2.20. The van der Waals surface area contributed by atoms with E-state index in [-0.39, 0.29) is 11.9 Å². The summed E-state index contributed by atoms with van der Waals surface area (Å²) in [4.78, 5) is 0.